The van der Waals surface area contributed by atoms with E-state index < -0.39 is 0 Å². The van der Waals surface area contributed by atoms with E-state index in [0.717, 1.165) is 37.6 Å². The number of hydrogen-bond acceptors (Lipinski definition) is 4. The number of aromatic nitrogens is 2. The Hall–Kier alpha value is -0.900. The second-order valence-electron chi connectivity index (χ2n) is 5.83. The molecule has 0 aliphatic rings. The lowest BCUT2D eigenvalue weighted by molar-refractivity contribution is 0.399. The summed E-state index contributed by atoms with van der Waals surface area (Å²) in [6.07, 6.45) is 6.67. The Balaban J connectivity index is 2.21. The van der Waals surface area contributed by atoms with Crippen LogP contribution < -0.4 is 5.32 Å². The van der Waals surface area contributed by atoms with E-state index in [2.05, 4.69) is 43.2 Å². The van der Waals surface area contributed by atoms with Gasteiger partial charge in [-0.2, -0.15) is 0 Å². The molecular weight excluding hydrogens is 226 g/mol. The zero-order chi connectivity index (χ0) is 13.4. The van der Waals surface area contributed by atoms with Crippen molar-refractivity contribution in [2.45, 2.75) is 71.8 Å². The summed E-state index contributed by atoms with van der Waals surface area (Å²) in [5, 5.41) is 11.6. The highest BCUT2D eigenvalue weighted by molar-refractivity contribution is 4.84. The third-order valence-corrected chi connectivity index (χ3v) is 2.75. The Bertz CT molecular complexity index is 328. The fourth-order valence-corrected chi connectivity index (χ4v) is 1.74. The quantitative estimate of drug-likeness (QED) is 0.723. The summed E-state index contributed by atoms with van der Waals surface area (Å²) in [7, 11) is 0. The van der Waals surface area contributed by atoms with Gasteiger partial charge in [0, 0.05) is 24.9 Å². The molecular formula is C14H27N3O. The number of unbranched alkanes of at least 4 members (excludes halogenated alkanes) is 3. The molecule has 0 bridgehead atoms. The van der Waals surface area contributed by atoms with Gasteiger partial charge in [-0.3, -0.25) is 0 Å². The minimum absolute atomic E-state index is 0.142. The lowest BCUT2D eigenvalue weighted by Crippen LogP contribution is -2.37. The van der Waals surface area contributed by atoms with E-state index >= 15 is 0 Å². The molecule has 1 N–H and O–H groups in total. The topological polar surface area (TPSA) is 51.0 Å². The van der Waals surface area contributed by atoms with E-state index in [1.807, 2.05) is 0 Å². The van der Waals surface area contributed by atoms with Gasteiger partial charge in [-0.1, -0.05) is 26.2 Å². The van der Waals surface area contributed by atoms with Gasteiger partial charge in [-0.15, -0.1) is 10.2 Å². The van der Waals surface area contributed by atoms with E-state index in [0.29, 0.717) is 0 Å². The monoisotopic (exact) mass is 253 g/mol. The molecule has 0 saturated heterocycles. The van der Waals surface area contributed by atoms with Crippen molar-refractivity contribution in [1.29, 1.82) is 0 Å². The van der Waals surface area contributed by atoms with Crippen LogP contribution >= 0.6 is 0 Å². The molecule has 4 heteroatoms. The van der Waals surface area contributed by atoms with Crippen molar-refractivity contribution in [1.82, 2.24) is 15.5 Å². The summed E-state index contributed by atoms with van der Waals surface area (Å²) in [6.45, 7) is 9.55. The molecule has 0 atom stereocenters. The van der Waals surface area contributed by atoms with Crippen LogP contribution in [0, 0.1) is 0 Å². The standard InChI is InChI=1S/C14H27N3O/c1-5-6-7-8-9-12-16-17-13(18-12)10-11-15-14(2,3)4/h15H,5-11H2,1-4H3. The molecule has 1 rings (SSSR count). The first-order valence-corrected chi connectivity index (χ1v) is 7.07. The van der Waals surface area contributed by atoms with Crippen LogP contribution in [0.1, 0.15) is 65.2 Å². The van der Waals surface area contributed by atoms with Gasteiger partial charge in [0.15, 0.2) is 0 Å². The molecule has 4 nitrogen and oxygen atoms in total. The Morgan fingerprint density at radius 3 is 2.28 bits per heavy atom. The Morgan fingerprint density at radius 2 is 1.67 bits per heavy atom. The van der Waals surface area contributed by atoms with E-state index in [4.69, 9.17) is 4.42 Å². The molecule has 1 heterocycles. The highest BCUT2D eigenvalue weighted by Gasteiger charge is 2.10. The van der Waals surface area contributed by atoms with Gasteiger partial charge >= 0.3 is 0 Å². The molecule has 18 heavy (non-hydrogen) atoms. The van der Waals surface area contributed by atoms with Crippen molar-refractivity contribution >= 4 is 0 Å². The van der Waals surface area contributed by atoms with E-state index in [1.165, 1.54) is 19.3 Å². The van der Waals surface area contributed by atoms with Gasteiger partial charge in [-0.25, -0.2) is 0 Å². The maximum Gasteiger partial charge on any atom is 0.217 e. The minimum atomic E-state index is 0.142. The van der Waals surface area contributed by atoms with Crippen LogP contribution in [0.5, 0.6) is 0 Å². The molecule has 104 valence electrons. The number of hydrogen-bond donors (Lipinski definition) is 1. The molecule has 0 unspecified atom stereocenters. The van der Waals surface area contributed by atoms with Crippen molar-refractivity contribution in [3.8, 4) is 0 Å². The normalized spacial score (nSPS) is 12.0. The van der Waals surface area contributed by atoms with Crippen LogP contribution in [0.25, 0.3) is 0 Å². The van der Waals surface area contributed by atoms with Gasteiger partial charge in [0.05, 0.1) is 0 Å². The number of aryl methyl sites for hydroxylation is 1. The van der Waals surface area contributed by atoms with E-state index in [-0.39, 0.29) is 5.54 Å². The largest absolute Gasteiger partial charge is 0.425 e. The summed E-state index contributed by atoms with van der Waals surface area (Å²) in [5.74, 6) is 1.54. The minimum Gasteiger partial charge on any atom is -0.425 e. The maximum atomic E-state index is 5.62. The molecule has 0 aromatic carbocycles. The van der Waals surface area contributed by atoms with Crippen molar-refractivity contribution in [3.63, 3.8) is 0 Å². The fourth-order valence-electron chi connectivity index (χ4n) is 1.74. The molecule has 1 aromatic heterocycles. The Kier molecular flexibility index (Phi) is 6.33. The average Bonchev–Trinajstić information content (AvgIpc) is 2.71. The number of rotatable bonds is 8. The SMILES string of the molecule is CCCCCCc1nnc(CCNC(C)(C)C)o1. The molecule has 0 aliphatic heterocycles. The van der Waals surface area contributed by atoms with Crippen molar-refractivity contribution in [3.05, 3.63) is 11.8 Å². The first kappa shape index (κ1) is 15.2. The lowest BCUT2D eigenvalue weighted by Gasteiger charge is -2.19. The van der Waals surface area contributed by atoms with Gasteiger partial charge in [0.1, 0.15) is 0 Å². The second kappa shape index (κ2) is 7.52. The number of nitrogens with one attached hydrogen (secondary N) is 1. The third-order valence-electron chi connectivity index (χ3n) is 2.75. The maximum absolute atomic E-state index is 5.62. The van der Waals surface area contributed by atoms with E-state index in [9.17, 15) is 0 Å². The van der Waals surface area contributed by atoms with Gasteiger partial charge in [0.25, 0.3) is 0 Å². The molecule has 0 spiro atoms. The summed E-state index contributed by atoms with van der Waals surface area (Å²) in [4.78, 5) is 0. The lowest BCUT2D eigenvalue weighted by atomic mass is 10.1. The Labute approximate surface area is 111 Å². The molecule has 0 fully saturated rings. The van der Waals surface area contributed by atoms with Crippen LogP contribution in [0.3, 0.4) is 0 Å². The van der Waals surface area contributed by atoms with Crippen LogP contribution in [-0.2, 0) is 12.8 Å². The van der Waals surface area contributed by atoms with Crippen LogP contribution in [0.4, 0.5) is 0 Å². The zero-order valence-corrected chi connectivity index (χ0v) is 12.3. The predicted molar refractivity (Wildman–Crippen MR) is 73.6 cm³/mol. The van der Waals surface area contributed by atoms with Crippen LogP contribution in [0.2, 0.25) is 0 Å². The average molecular weight is 253 g/mol. The van der Waals surface area contributed by atoms with Crippen LogP contribution in [-0.4, -0.2) is 22.3 Å². The molecule has 0 radical (unpaired) electrons. The number of nitrogens with zero attached hydrogens (tertiary/aromatic N) is 2. The third kappa shape index (κ3) is 6.74. The zero-order valence-electron chi connectivity index (χ0n) is 12.3. The van der Waals surface area contributed by atoms with Crippen molar-refractivity contribution < 1.29 is 4.42 Å². The van der Waals surface area contributed by atoms with Gasteiger partial charge < -0.3 is 9.73 Å². The molecule has 0 amide bonds. The highest BCUT2D eigenvalue weighted by Crippen LogP contribution is 2.07. The summed E-state index contributed by atoms with van der Waals surface area (Å²) in [6, 6.07) is 0. The van der Waals surface area contributed by atoms with Crippen molar-refractivity contribution in [2.75, 3.05) is 6.54 Å². The summed E-state index contributed by atoms with van der Waals surface area (Å²) >= 11 is 0. The highest BCUT2D eigenvalue weighted by atomic mass is 16.4. The predicted octanol–water partition coefficient (Wildman–Crippen LogP) is 3.12. The first-order chi connectivity index (χ1) is 8.51. The van der Waals surface area contributed by atoms with Crippen molar-refractivity contribution in [2.24, 2.45) is 0 Å². The fraction of sp³-hybridized carbons (Fsp3) is 0.857. The molecule has 0 aliphatic carbocycles. The van der Waals surface area contributed by atoms with Crippen LogP contribution in [0.15, 0.2) is 4.42 Å². The first-order valence-electron chi connectivity index (χ1n) is 7.07. The summed E-state index contributed by atoms with van der Waals surface area (Å²) in [5.41, 5.74) is 0.142. The summed E-state index contributed by atoms with van der Waals surface area (Å²) < 4.78 is 5.62. The molecule has 1 aromatic rings. The second-order valence-corrected chi connectivity index (χ2v) is 5.83. The van der Waals surface area contributed by atoms with E-state index in [1.54, 1.807) is 0 Å². The Morgan fingerprint density at radius 1 is 1.00 bits per heavy atom. The smallest absolute Gasteiger partial charge is 0.217 e. The van der Waals surface area contributed by atoms with Gasteiger partial charge in [-0.05, 0) is 27.2 Å². The molecule has 0 saturated carbocycles. The van der Waals surface area contributed by atoms with Gasteiger partial charge in [0.2, 0.25) is 11.8 Å².